The van der Waals surface area contributed by atoms with Gasteiger partial charge in [-0.3, -0.25) is 4.79 Å². The normalized spacial score (nSPS) is 10.5. The van der Waals surface area contributed by atoms with Crippen LogP contribution in [0.15, 0.2) is 66.9 Å². The van der Waals surface area contributed by atoms with Crippen LogP contribution in [-0.2, 0) is 9.53 Å². The lowest BCUT2D eigenvalue weighted by Gasteiger charge is -2.24. The summed E-state index contributed by atoms with van der Waals surface area (Å²) < 4.78 is 4.77. The third-order valence-corrected chi connectivity index (χ3v) is 3.74. The van der Waals surface area contributed by atoms with E-state index < -0.39 is 0 Å². The largest absolute Gasteiger partial charge is 0.469 e. The van der Waals surface area contributed by atoms with Crippen LogP contribution in [0.1, 0.15) is 6.42 Å². The van der Waals surface area contributed by atoms with Gasteiger partial charge in [-0.15, -0.1) is 0 Å². The van der Waals surface area contributed by atoms with Crippen LogP contribution in [0.5, 0.6) is 0 Å². The molecule has 3 aromatic rings. The Bertz CT molecular complexity index is 797. The fourth-order valence-electron chi connectivity index (χ4n) is 2.59. The van der Waals surface area contributed by atoms with E-state index in [-0.39, 0.29) is 5.97 Å². The van der Waals surface area contributed by atoms with Crippen molar-refractivity contribution in [2.45, 2.75) is 6.42 Å². The number of methoxy groups -OCH3 is 1. The number of benzene rings is 2. The molecule has 0 N–H and O–H groups in total. The number of hydrogen-bond donors (Lipinski definition) is 0. The summed E-state index contributed by atoms with van der Waals surface area (Å²) >= 11 is 0. The zero-order valence-electron chi connectivity index (χ0n) is 13.0. The molecular formula is C19H18N2O2. The first-order valence-electron chi connectivity index (χ1n) is 7.53. The van der Waals surface area contributed by atoms with Crippen molar-refractivity contribution in [3.05, 3.63) is 66.9 Å². The molecule has 1 aromatic heterocycles. The number of ether oxygens (including phenoxy) is 1. The van der Waals surface area contributed by atoms with Crippen LogP contribution in [0.2, 0.25) is 0 Å². The van der Waals surface area contributed by atoms with Crippen LogP contribution in [-0.4, -0.2) is 24.6 Å². The zero-order chi connectivity index (χ0) is 16.1. The molecule has 4 nitrogen and oxygen atoms in total. The van der Waals surface area contributed by atoms with Crippen molar-refractivity contribution in [1.82, 2.24) is 4.98 Å². The van der Waals surface area contributed by atoms with Crippen molar-refractivity contribution in [3.8, 4) is 0 Å². The summed E-state index contributed by atoms with van der Waals surface area (Å²) in [6.07, 6.45) is 2.10. The molecule has 2 aromatic carbocycles. The number of carbonyl (C=O) groups is 1. The molecule has 0 aliphatic rings. The van der Waals surface area contributed by atoms with Crippen LogP contribution in [0.3, 0.4) is 0 Å². The maximum Gasteiger partial charge on any atom is 0.307 e. The standard InChI is InChI=1S/C19H18N2O2/c1-23-18(22)12-14-21(16-8-3-2-4-9-16)19-17-10-6-5-7-15(17)11-13-20-19/h2-11,13H,12,14H2,1H3. The number of aromatic nitrogens is 1. The van der Waals surface area contributed by atoms with Crippen molar-refractivity contribution in [3.63, 3.8) is 0 Å². The predicted octanol–water partition coefficient (Wildman–Crippen LogP) is 3.94. The average molecular weight is 306 g/mol. The maximum atomic E-state index is 11.6. The average Bonchev–Trinajstić information content (AvgIpc) is 2.62. The number of rotatable bonds is 5. The second-order valence-corrected chi connectivity index (χ2v) is 5.17. The smallest absolute Gasteiger partial charge is 0.307 e. The molecule has 23 heavy (non-hydrogen) atoms. The third kappa shape index (κ3) is 3.31. The van der Waals surface area contributed by atoms with Gasteiger partial charge in [0.2, 0.25) is 0 Å². The minimum Gasteiger partial charge on any atom is -0.469 e. The lowest BCUT2D eigenvalue weighted by atomic mass is 10.1. The SMILES string of the molecule is COC(=O)CCN(c1ccccc1)c1nccc2ccccc12. The Hall–Kier alpha value is -2.88. The first-order valence-corrected chi connectivity index (χ1v) is 7.53. The highest BCUT2D eigenvalue weighted by Gasteiger charge is 2.15. The van der Waals surface area contributed by atoms with Gasteiger partial charge in [-0.05, 0) is 23.6 Å². The van der Waals surface area contributed by atoms with Gasteiger partial charge in [0, 0.05) is 23.8 Å². The number of esters is 1. The first-order chi connectivity index (χ1) is 11.3. The number of hydrogen-bond acceptors (Lipinski definition) is 4. The van der Waals surface area contributed by atoms with E-state index in [4.69, 9.17) is 4.74 Å². The van der Waals surface area contributed by atoms with Crippen LogP contribution in [0.25, 0.3) is 10.8 Å². The second-order valence-electron chi connectivity index (χ2n) is 5.17. The molecule has 3 rings (SSSR count). The first kappa shape index (κ1) is 15.0. The Morgan fingerprint density at radius 1 is 1.04 bits per heavy atom. The summed E-state index contributed by atoms with van der Waals surface area (Å²) in [5.41, 5.74) is 1.00. The van der Waals surface area contributed by atoms with Gasteiger partial charge in [0.15, 0.2) is 0 Å². The molecule has 0 spiro atoms. The van der Waals surface area contributed by atoms with Gasteiger partial charge in [-0.1, -0.05) is 42.5 Å². The van der Waals surface area contributed by atoms with E-state index >= 15 is 0 Å². The third-order valence-electron chi connectivity index (χ3n) is 3.74. The molecule has 116 valence electrons. The van der Waals surface area contributed by atoms with Crippen molar-refractivity contribution < 1.29 is 9.53 Å². The summed E-state index contributed by atoms with van der Waals surface area (Å²) in [6, 6.07) is 20.1. The molecule has 0 aliphatic heterocycles. The monoisotopic (exact) mass is 306 g/mol. The molecular weight excluding hydrogens is 288 g/mol. The van der Waals surface area contributed by atoms with Gasteiger partial charge in [0.1, 0.15) is 5.82 Å². The van der Waals surface area contributed by atoms with Gasteiger partial charge in [0.25, 0.3) is 0 Å². The minimum absolute atomic E-state index is 0.230. The molecule has 0 aliphatic carbocycles. The fourth-order valence-corrected chi connectivity index (χ4v) is 2.59. The highest BCUT2D eigenvalue weighted by atomic mass is 16.5. The maximum absolute atomic E-state index is 11.6. The van der Waals surface area contributed by atoms with Gasteiger partial charge in [-0.25, -0.2) is 4.98 Å². The van der Waals surface area contributed by atoms with Crippen LogP contribution in [0, 0.1) is 0 Å². The van der Waals surface area contributed by atoms with E-state index in [0.29, 0.717) is 13.0 Å². The van der Waals surface area contributed by atoms with E-state index in [9.17, 15) is 4.79 Å². The van der Waals surface area contributed by atoms with Gasteiger partial charge >= 0.3 is 5.97 Å². The van der Waals surface area contributed by atoms with Crippen LogP contribution in [0.4, 0.5) is 11.5 Å². The van der Waals surface area contributed by atoms with E-state index in [0.717, 1.165) is 22.3 Å². The molecule has 0 amide bonds. The Labute approximate surface area is 135 Å². The molecule has 0 saturated heterocycles. The van der Waals surface area contributed by atoms with Gasteiger partial charge < -0.3 is 9.64 Å². The molecule has 0 saturated carbocycles. The van der Waals surface area contributed by atoms with Crippen LogP contribution < -0.4 is 4.90 Å². The topological polar surface area (TPSA) is 42.4 Å². The number of fused-ring (bicyclic) bond motifs is 1. The summed E-state index contributed by atoms with van der Waals surface area (Å²) in [5, 5.41) is 2.18. The van der Waals surface area contributed by atoms with Crippen LogP contribution >= 0.6 is 0 Å². The van der Waals surface area contributed by atoms with Gasteiger partial charge in [0.05, 0.1) is 13.5 Å². The summed E-state index contributed by atoms with van der Waals surface area (Å²) in [6.45, 7) is 0.512. The van der Waals surface area contributed by atoms with Crippen molar-refractivity contribution in [2.75, 3.05) is 18.6 Å². The number of anilines is 2. The van der Waals surface area contributed by atoms with E-state index in [1.54, 1.807) is 6.20 Å². The molecule has 1 heterocycles. The molecule has 0 fully saturated rings. The molecule has 4 heteroatoms. The highest BCUT2D eigenvalue weighted by Crippen LogP contribution is 2.30. The Morgan fingerprint density at radius 3 is 2.57 bits per heavy atom. The van der Waals surface area contributed by atoms with E-state index in [2.05, 4.69) is 16.0 Å². The Morgan fingerprint density at radius 2 is 1.78 bits per heavy atom. The summed E-state index contributed by atoms with van der Waals surface area (Å²) in [4.78, 5) is 18.2. The molecule has 0 atom stereocenters. The van der Waals surface area contributed by atoms with Crippen molar-refractivity contribution >= 4 is 28.2 Å². The molecule has 0 bridgehead atoms. The summed E-state index contributed by atoms with van der Waals surface area (Å²) in [7, 11) is 1.41. The molecule has 0 radical (unpaired) electrons. The number of carbonyl (C=O) groups excluding carboxylic acids is 1. The lowest BCUT2D eigenvalue weighted by molar-refractivity contribution is -0.140. The molecule has 0 unspecified atom stereocenters. The fraction of sp³-hybridized carbons (Fsp3) is 0.158. The lowest BCUT2D eigenvalue weighted by Crippen LogP contribution is -2.22. The summed E-state index contributed by atoms with van der Waals surface area (Å²) in [5.74, 6) is 0.615. The number of para-hydroxylation sites is 1. The van der Waals surface area contributed by atoms with Gasteiger partial charge in [-0.2, -0.15) is 0 Å². The van der Waals surface area contributed by atoms with E-state index in [1.807, 2.05) is 54.6 Å². The second kappa shape index (κ2) is 6.92. The quantitative estimate of drug-likeness (QED) is 0.670. The Balaban J connectivity index is 2.05. The number of nitrogens with zero attached hydrogens (tertiary/aromatic N) is 2. The predicted molar refractivity (Wildman–Crippen MR) is 91.8 cm³/mol. The van der Waals surface area contributed by atoms with Crippen molar-refractivity contribution in [1.29, 1.82) is 0 Å². The van der Waals surface area contributed by atoms with E-state index in [1.165, 1.54) is 7.11 Å². The zero-order valence-corrected chi connectivity index (χ0v) is 13.0. The Kier molecular flexibility index (Phi) is 4.52. The number of pyridine rings is 1. The minimum atomic E-state index is -0.230. The van der Waals surface area contributed by atoms with Crippen molar-refractivity contribution in [2.24, 2.45) is 0 Å². The highest BCUT2D eigenvalue weighted by molar-refractivity contribution is 5.94.